The molecular formula is C15H14Cl2N4O3. The molecule has 2 aromatic rings. The van der Waals surface area contributed by atoms with Crippen molar-refractivity contribution in [2.75, 3.05) is 0 Å². The highest BCUT2D eigenvalue weighted by molar-refractivity contribution is 6.35. The number of hydrogen-bond acceptors (Lipinski definition) is 6. The maximum Gasteiger partial charge on any atom is 0.225 e. The first kappa shape index (κ1) is 15.0. The van der Waals surface area contributed by atoms with Crippen molar-refractivity contribution in [3.05, 3.63) is 16.8 Å². The second-order valence-corrected chi connectivity index (χ2v) is 7.86. The van der Waals surface area contributed by atoms with E-state index in [1.807, 2.05) is 18.4 Å². The molecule has 126 valence electrons. The Labute approximate surface area is 147 Å². The molecule has 3 fully saturated rings. The minimum Gasteiger partial charge on any atom is -0.343 e. The Kier molecular flexibility index (Phi) is 2.79. The van der Waals surface area contributed by atoms with Gasteiger partial charge in [-0.25, -0.2) is 9.97 Å². The Morgan fingerprint density at radius 1 is 1.33 bits per heavy atom. The van der Waals surface area contributed by atoms with Crippen LogP contribution < -0.4 is 0 Å². The highest BCUT2D eigenvalue weighted by atomic mass is 35.5. The number of rotatable bonds is 2. The first-order valence-electron chi connectivity index (χ1n) is 7.74. The number of carbonyl (C=O) groups excluding carboxylic acids is 1. The minimum absolute atomic E-state index is 0.0603. The van der Waals surface area contributed by atoms with E-state index in [0.717, 1.165) is 12.7 Å². The summed E-state index contributed by atoms with van der Waals surface area (Å²) in [6, 6.07) is -0.103. The van der Waals surface area contributed by atoms with E-state index in [2.05, 4.69) is 15.0 Å². The van der Waals surface area contributed by atoms with Gasteiger partial charge in [0.25, 0.3) is 0 Å². The molecule has 7 nitrogen and oxygen atoms in total. The SMILES string of the molecule is CC1(C)O[C@H]2[C@H](n3cnc4c(Cl)nc(Cl)nc43)[C@H]3CC3(C=O)[C@H]2O1. The number of halogens is 2. The van der Waals surface area contributed by atoms with Gasteiger partial charge < -0.3 is 18.8 Å². The van der Waals surface area contributed by atoms with Crippen LogP contribution in [0.4, 0.5) is 0 Å². The molecule has 0 spiro atoms. The molecule has 24 heavy (non-hydrogen) atoms. The number of aromatic nitrogens is 4. The zero-order chi connectivity index (χ0) is 16.9. The quantitative estimate of drug-likeness (QED) is 0.460. The lowest BCUT2D eigenvalue weighted by atomic mass is 10.0. The lowest BCUT2D eigenvalue weighted by Gasteiger charge is -2.24. The van der Waals surface area contributed by atoms with E-state index in [-0.39, 0.29) is 34.6 Å². The van der Waals surface area contributed by atoms with E-state index < -0.39 is 11.2 Å². The number of carbonyl (C=O) groups is 1. The molecule has 0 aromatic carbocycles. The van der Waals surface area contributed by atoms with Crippen molar-refractivity contribution in [2.45, 2.75) is 44.3 Å². The number of hydrogen-bond donors (Lipinski definition) is 0. The molecule has 3 aliphatic rings. The zero-order valence-electron chi connectivity index (χ0n) is 12.9. The summed E-state index contributed by atoms with van der Waals surface area (Å²) >= 11 is 12.1. The van der Waals surface area contributed by atoms with Gasteiger partial charge in [-0.3, -0.25) is 0 Å². The van der Waals surface area contributed by atoms with E-state index in [9.17, 15) is 4.79 Å². The molecule has 1 aliphatic heterocycles. The third-order valence-corrected chi connectivity index (χ3v) is 5.84. The van der Waals surface area contributed by atoms with Crippen molar-refractivity contribution in [1.82, 2.24) is 19.5 Å². The summed E-state index contributed by atoms with van der Waals surface area (Å²) in [7, 11) is 0. The van der Waals surface area contributed by atoms with Crippen molar-refractivity contribution in [2.24, 2.45) is 11.3 Å². The van der Waals surface area contributed by atoms with Gasteiger partial charge in [0.1, 0.15) is 24.0 Å². The highest BCUT2D eigenvalue weighted by Crippen LogP contribution is 2.70. The first-order chi connectivity index (χ1) is 11.4. The predicted octanol–water partition coefficient (Wildman–Crippen LogP) is 2.41. The van der Waals surface area contributed by atoms with E-state index in [4.69, 9.17) is 32.7 Å². The van der Waals surface area contributed by atoms with Crippen LogP contribution >= 0.6 is 23.2 Å². The molecule has 0 radical (unpaired) electrons. The number of ether oxygens (including phenoxy) is 2. The second kappa shape index (κ2) is 4.46. The largest absolute Gasteiger partial charge is 0.343 e. The van der Waals surface area contributed by atoms with Crippen molar-refractivity contribution >= 4 is 40.7 Å². The predicted molar refractivity (Wildman–Crippen MR) is 84.8 cm³/mol. The average Bonchev–Trinajstić information content (AvgIpc) is 2.78. The summed E-state index contributed by atoms with van der Waals surface area (Å²) < 4.78 is 14.0. The molecule has 0 bridgehead atoms. The lowest BCUT2D eigenvalue weighted by molar-refractivity contribution is -0.161. The third-order valence-electron chi connectivity index (χ3n) is 5.40. The fourth-order valence-corrected chi connectivity index (χ4v) is 4.82. The maximum absolute atomic E-state index is 11.8. The van der Waals surface area contributed by atoms with Gasteiger partial charge in [0.15, 0.2) is 16.6 Å². The Morgan fingerprint density at radius 2 is 2.12 bits per heavy atom. The van der Waals surface area contributed by atoms with Crippen LogP contribution in [0.3, 0.4) is 0 Å². The lowest BCUT2D eigenvalue weighted by Crippen LogP contribution is -2.32. The zero-order valence-corrected chi connectivity index (χ0v) is 14.5. The van der Waals surface area contributed by atoms with Gasteiger partial charge in [-0.1, -0.05) is 11.6 Å². The molecule has 9 heteroatoms. The number of imidazole rings is 1. The van der Waals surface area contributed by atoms with Crippen LogP contribution in [0.5, 0.6) is 0 Å². The van der Waals surface area contributed by atoms with Crippen LogP contribution in [0.25, 0.3) is 11.2 Å². The summed E-state index contributed by atoms with van der Waals surface area (Å²) in [5.74, 6) is -0.594. The van der Waals surface area contributed by atoms with Gasteiger partial charge in [0.05, 0.1) is 17.8 Å². The Hall–Kier alpha value is -1.28. The van der Waals surface area contributed by atoms with Crippen LogP contribution in [0.15, 0.2) is 6.33 Å². The molecule has 0 N–H and O–H groups in total. The number of fused-ring (bicyclic) bond motifs is 4. The Bertz CT molecular complexity index is 885. The summed E-state index contributed by atoms with van der Waals surface area (Å²) in [6.45, 7) is 3.72. The molecule has 2 aliphatic carbocycles. The summed E-state index contributed by atoms with van der Waals surface area (Å²) in [5, 5.41) is 0.268. The molecule has 5 rings (SSSR count). The molecular weight excluding hydrogens is 355 g/mol. The maximum atomic E-state index is 11.8. The van der Waals surface area contributed by atoms with Gasteiger partial charge in [0.2, 0.25) is 5.28 Å². The van der Waals surface area contributed by atoms with E-state index >= 15 is 0 Å². The van der Waals surface area contributed by atoms with Gasteiger partial charge in [0, 0.05) is 0 Å². The Balaban J connectivity index is 1.66. The van der Waals surface area contributed by atoms with Crippen molar-refractivity contribution in [1.29, 1.82) is 0 Å². The molecule has 2 saturated carbocycles. The average molecular weight is 369 g/mol. The van der Waals surface area contributed by atoms with Crippen LogP contribution in [0, 0.1) is 11.3 Å². The molecule has 2 aromatic heterocycles. The molecule has 1 unspecified atom stereocenters. The molecule has 0 amide bonds. The van der Waals surface area contributed by atoms with Crippen LogP contribution in [-0.2, 0) is 14.3 Å². The fourth-order valence-electron chi connectivity index (χ4n) is 4.40. The van der Waals surface area contributed by atoms with Crippen molar-refractivity contribution in [3.63, 3.8) is 0 Å². The van der Waals surface area contributed by atoms with Gasteiger partial charge in [-0.05, 0) is 37.8 Å². The monoisotopic (exact) mass is 368 g/mol. The standard InChI is InChI=1S/C15H14Cl2N4O3/c1-14(2)23-9-8(6-3-15(6,4-22)10(9)24-14)21-5-18-7-11(16)19-13(17)20-12(7)21/h4-6,8-10H,3H2,1-2H3/t6-,8-,9+,10+,15?/m1/s1. The summed E-state index contributed by atoms with van der Waals surface area (Å²) in [6.07, 6.45) is 2.96. The topological polar surface area (TPSA) is 79.1 Å². The van der Waals surface area contributed by atoms with Crippen molar-refractivity contribution < 1.29 is 14.3 Å². The van der Waals surface area contributed by atoms with Gasteiger partial charge in [-0.2, -0.15) is 4.98 Å². The first-order valence-corrected chi connectivity index (χ1v) is 8.49. The van der Waals surface area contributed by atoms with E-state index in [1.165, 1.54) is 0 Å². The second-order valence-electron chi connectivity index (χ2n) is 7.16. The Morgan fingerprint density at radius 3 is 2.88 bits per heavy atom. The van der Waals surface area contributed by atoms with E-state index in [0.29, 0.717) is 11.2 Å². The molecule has 3 heterocycles. The van der Waals surface area contributed by atoms with Crippen LogP contribution in [0.2, 0.25) is 10.4 Å². The van der Waals surface area contributed by atoms with Gasteiger partial charge >= 0.3 is 0 Å². The van der Waals surface area contributed by atoms with Gasteiger partial charge in [-0.15, -0.1) is 0 Å². The summed E-state index contributed by atoms with van der Waals surface area (Å²) in [4.78, 5) is 24.3. The normalized spacial score (nSPS) is 39.0. The molecule has 5 atom stereocenters. The summed E-state index contributed by atoms with van der Waals surface area (Å²) in [5.41, 5.74) is 0.547. The van der Waals surface area contributed by atoms with Crippen LogP contribution in [-0.4, -0.2) is 43.8 Å². The molecule has 1 saturated heterocycles. The fraction of sp³-hybridized carbons (Fsp3) is 0.600. The smallest absolute Gasteiger partial charge is 0.225 e. The van der Waals surface area contributed by atoms with Crippen LogP contribution in [0.1, 0.15) is 26.3 Å². The highest BCUT2D eigenvalue weighted by Gasteiger charge is 2.76. The number of aldehydes is 1. The van der Waals surface area contributed by atoms with E-state index in [1.54, 1.807) is 6.33 Å². The minimum atomic E-state index is -0.724. The number of nitrogens with zero attached hydrogens (tertiary/aromatic N) is 4. The third kappa shape index (κ3) is 1.76. The van der Waals surface area contributed by atoms with Crippen molar-refractivity contribution in [3.8, 4) is 0 Å².